The Morgan fingerprint density at radius 2 is 1.89 bits per heavy atom. The minimum absolute atomic E-state index is 0.0840. The van der Waals surface area contributed by atoms with Gasteiger partial charge in [0.1, 0.15) is 30.6 Å². The van der Waals surface area contributed by atoms with Gasteiger partial charge in [-0.2, -0.15) is 15.1 Å². The number of halogens is 1. The van der Waals surface area contributed by atoms with Crippen LogP contribution in [0.15, 0.2) is 67.0 Å². The number of carbonyl (C=O) groups is 1. The predicted octanol–water partition coefficient (Wildman–Crippen LogP) is 4.11. The Morgan fingerprint density at radius 1 is 1.20 bits per heavy atom. The van der Waals surface area contributed by atoms with Crippen LogP contribution in [0, 0.1) is 0 Å². The van der Waals surface area contributed by atoms with Gasteiger partial charge in [0.2, 0.25) is 11.8 Å². The van der Waals surface area contributed by atoms with E-state index in [1.165, 1.54) is 17.8 Å². The number of carbonyl (C=O) groups excluding carboxylic acids is 1. The highest BCUT2D eigenvalue weighted by molar-refractivity contribution is 7.52. The number of aromatic nitrogens is 4. The van der Waals surface area contributed by atoms with Gasteiger partial charge in [-0.25, -0.2) is 13.9 Å². The third-order valence-corrected chi connectivity index (χ3v) is 8.77. The van der Waals surface area contributed by atoms with Gasteiger partial charge in [-0.3, -0.25) is 13.9 Å². The number of nitrogens with two attached hydrogens (primary N) is 1. The third kappa shape index (κ3) is 7.45. The monoisotopic (exact) mass is 658 g/mol. The summed E-state index contributed by atoms with van der Waals surface area (Å²) in [4.78, 5) is 25.1. The van der Waals surface area contributed by atoms with E-state index in [1.54, 1.807) is 30.3 Å². The van der Waals surface area contributed by atoms with Crippen LogP contribution in [-0.4, -0.2) is 67.7 Å². The zero-order chi connectivity index (χ0) is 32.9. The molecule has 0 bridgehead atoms. The number of nitrogen functional groups attached to an aromatic ring is 1. The van der Waals surface area contributed by atoms with E-state index in [2.05, 4.69) is 20.0 Å². The summed E-state index contributed by atoms with van der Waals surface area (Å²) in [6.07, 6.45) is -2.66. The standard InChI is InChI=1S/C30H36FN6O8P/c1-4-15-41-27(39)19(2)36-46(40,45-21-13-9-6-10-14-21)43-17-22-24(38)30(3,31)28(44-22)37-18-33-23-25(37)34-29(32)35-26(23)42-16-20-11-7-5-8-12-20/h5-14,18-19,22,24,28,38H,4,15-17H2,1-3H3,(H,36,40)(H2,32,34,35)/t19-,22+,24+,28+,30+,46?/m0/s1. The summed E-state index contributed by atoms with van der Waals surface area (Å²) < 4.78 is 59.6. The molecular weight excluding hydrogens is 622 g/mol. The van der Waals surface area contributed by atoms with Crippen LogP contribution in [0.4, 0.5) is 10.3 Å². The molecule has 14 nitrogen and oxygen atoms in total. The number of aliphatic hydroxyl groups is 1. The molecule has 4 N–H and O–H groups in total. The van der Waals surface area contributed by atoms with Gasteiger partial charge in [0.05, 0.1) is 19.5 Å². The molecule has 6 atom stereocenters. The van der Waals surface area contributed by atoms with E-state index in [1.807, 2.05) is 37.3 Å². The van der Waals surface area contributed by atoms with Gasteiger partial charge in [-0.05, 0) is 38.0 Å². The Kier molecular flexibility index (Phi) is 10.2. The Bertz CT molecular complexity index is 1680. The number of hydrogen-bond acceptors (Lipinski definition) is 12. The predicted molar refractivity (Wildman–Crippen MR) is 164 cm³/mol. The highest BCUT2D eigenvalue weighted by Crippen LogP contribution is 2.48. The molecule has 3 heterocycles. The lowest BCUT2D eigenvalue weighted by Gasteiger charge is -2.25. The molecule has 1 aliphatic heterocycles. The van der Waals surface area contributed by atoms with Gasteiger partial charge in [0.25, 0.3) is 0 Å². The van der Waals surface area contributed by atoms with Crippen molar-refractivity contribution >= 4 is 30.8 Å². The number of imidazole rings is 1. The number of nitrogens with zero attached hydrogens (tertiary/aromatic N) is 4. The summed E-state index contributed by atoms with van der Waals surface area (Å²) in [6.45, 7) is 4.19. The third-order valence-electron chi connectivity index (χ3n) is 7.13. The number of para-hydroxylation sites is 1. The Balaban J connectivity index is 1.35. The molecule has 0 spiro atoms. The fraction of sp³-hybridized carbons (Fsp3) is 0.400. The van der Waals surface area contributed by atoms with Crippen LogP contribution in [-0.2, 0) is 30.0 Å². The van der Waals surface area contributed by atoms with Gasteiger partial charge in [0.15, 0.2) is 23.1 Å². The zero-order valence-corrected chi connectivity index (χ0v) is 26.4. The number of aliphatic hydroxyl groups excluding tert-OH is 1. The van der Waals surface area contributed by atoms with E-state index in [4.69, 9.17) is 29.0 Å². The SMILES string of the molecule is CCCOC(=O)[C@H](C)NP(=O)(OC[C@H]1O[C@@H](n2cnc3c(OCc4ccccc4)nc(N)nc32)[C@](C)(F)[C@@H]1O)Oc1ccccc1. The summed E-state index contributed by atoms with van der Waals surface area (Å²) >= 11 is 0. The van der Waals surface area contributed by atoms with E-state index < -0.39 is 50.5 Å². The quantitative estimate of drug-likeness (QED) is 0.130. The van der Waals surface area contributed by atoms with Crippen molar-refractivity contribution in [3.63, 3.8) is 0 Å². The first-order valence-corrected chi connectivity index (χ1v) is 16.2. The second-order valence-corrected chi connectivity index (χ2v) is 12.5. The molecule has 1 aliphatic rings. The van der Waals surface area contributed by atoms with Crippen LogP contribution in [0.2, 0.25) is 0 Å². The highest BCUT2D eigenvalue weighted by Gasteiger charge is 2.56. The van der Waals surface area contributed by atoms with Gasteiger partial charge < -0.3 is 29.6 Å². The first kappa shape index (κ1) is 33.2. The Morgan fingerprint density at radius 3 is 2.59 bits per heavy atom. The lowest BCUT2D eigenvalue weighted by Crippen LogP contribution is -2.41. The minimum Gasteiger partial charge on any atom is -0.471 e. The average Bonchev–Trinajstić information content (AvgIpc) is 3.55. The number of rotatable bonds is 14. The number of anilines is 1. The van der Waals surface area contributed by atoms with E-state index in [9.17, 15) is 14.5 Å². The number of esters is 1. The number of benzene rings is 2. The van der Waals surface area contributed by atoms with Crippen molar-refractivity contribution in [1.29, 1.82) is 0 Å². The molecule has 4 aromatic rings. The molecule has 1 unspecified atom stereocenters. The lowest BCUT2D eigenvalue weighted by atomic mass is 9.98. The van der Waals surface area contributed by atoms with Crippen LogP contribution >= 0.6 is 7.75 Å². The maximum absolute atomic E-state index is 16.2. The van der Waals surface area contributed by atoms with Crippen molar-refractivity contribution in [2.24, 2.45) is 0 Å². The maximum atomic E-state index is 16.2. The van der Waals surface area contributed by atoms with Crippen LogP contribution in [0.25, 0.3) is 11.2 Å². The number of nitrogens with one attached hydrogen (secondary N) is 1. The molecule has 246 valence electrons. The van der Waals surface area contributed by atoms with Crippen molar-refractivity contribution in [3.05, 3.63) is 72.6 Å². The van der Waals surface area contributed by atoms with Gasteiger partial charge in [-0.15, -0.1) is 0 Å². The molecule has 0 amide bonds. The molecule has 2 aromatic carbocycles. The van der Waals surface area contributed by atoms with Crippen molar-refractivity contribution in [2.45, 2.75) is 63.9 Å². The van der Waals surface area contributed by atoms with E-state index >= 15 is 4.39 Å². The molecule has 0 radical (unpaired) electrons. The number of hydrogen-bond donors (Lipinski definition) is 3. The van der Waals surface area contributed by atoms with Crippen LogP contribution < -0.4 is 20.1 Å². The smallest absolute Gasteiger partial charge is 0.459 e. The molecule has 1 saturated heterocycles. The van der Waals surface area contributed by atoms with Crippen LogP contribution in [0.1, 0.15) is 39.0 Å². The largest absolute Gasteiger partial charge is 0.471 e. The fourth-order valence-corrected chi connectivity index (χ4v) is 6.26. The first-order chi connectivity index (χ1) is 22.0. The van der Waals surface area contributed by atoms with Crippen molar-refractivity contribution in [3.8, 4) is 11.6 Å². The average molecular weight is 659 g/mol. The lowest BCUT2D eigenvalue weighted by molar-refractivity contribution is -0.145. The van der Waals surface area contributed by atoms with E-state index in [-0.39, 0.29) is 42.0 Å². The molecule has 5 rings (SSSR count). The number of ether oxygens (including phenoxy) is 3. The van der Waals surface area contributed by atoms with E-state index in [0.29, 0.717) is 6.42 Å². The van der Waals surface area contributed by atoms with Gasteiger partial charge in [-0.1, -0.05) is 55.5 Å². The fourth-order valence-electron chi connectivity index (χ4n) is 4.75. The molecule has 1 fully saturated rings. The van der Waals surface area contributed by atoms with Crippen LogP contribution in [0.5, 0.6) is 11.6 Å². The minimum atomic E-state index is -4.31. The van der Waals surface area contributed by atoms with Crippen LogP contribution in [0.3, 0.4) is 0 Å². The second kappa shape index (κ2) is 14.1. The molecule has 0 saturated carbocycles. The molecular formula is C30H36FN6O8P. The summed E-state index contributed by atoms with van der Waals surface area (Å²) in [6, 6.07) is 16.4. The van der Waals surface area contributed by atoms with Crippen molar-refractivity contribution in [1.82, 2.24) is 24.6 Å². The van der Waals surface area contributed by atoms with Crippen molar-refractivity contribution < 1.29 is 42.1 Å². The number of alkyl halides is 1. The summed E-state index contributed by atoms with van der Waals surface area (Å²) in [7, 11) is -4.31. The Labute approximate surface area is 264 Å². The van der Waals surface area contributed by atoms with E-state index in [0.717, 1.165) is 12.5 Å². The first-order valence-electron chi connectivity index (χ1n) is 14.6. The topological polar surface area (TPSA) is 182 Å². The Hall–Kier alpha value is -4.14. The molecule has 16 heteroatoms. The summed E-state index contributed by atoms with van der Waals surface area (Å²) in [5, 5.41) is 13.6. The molecule has 2 aromatic heterocycles. The zero-order valence-electron chi connectivity index (χ0n) is 25.5. The van der Waals surface area contributed by atoms with Gasteiger partial charge >= 0.3 is 13.7 Å². The molecule has 46 heavy (non-hydrogen) atoms. The summed E-state index contributed by atoms with van der Waals surface area (Å²) in [5.41, 5.74) is 4.74. The maximum Gasteiger partial charge on any atom is 0.459 e. The summed E-state index contributed by atoms with van der Waals surface area (Å²) in [5.74, 6) is -0.550. The normalized spacial score (nSPS) is 23.1. The van der Waals surface area contributed by atoms with Gasteiger partial charge in [0, 0.05) is 0 Å². The molecule has 0 aliphatic carbocycles. The second-order valence-electron chi connectivity index (χ2n) is 10.8. The highest BCUT2D eigenvalue weighted by atomic mass is 31.2. The van der Waals surface area contributed by atoms with Crippen molar-refractivity contribution in [2.75, 3.05) is 18.9 Å². The number of fused-ring (bicyclic) bond motifs is 1.